The minimum atomic E-state index is -3.79. The first-order chi connectivity index (χ1) is 12.8. The Hall–Kier alpha value is -2.87. The molecule has 142 valence electrons. The summed E-state index contributed by atoms with van der Waals surface area (Å²) in [5, 5.41) is 11.7. The third-order valence-electron chi connectivity index (χ3n) is 4.46. The van der Waals surface area contributed by atoms with Gasteiger partial charge in [0.05, 0.1) is 10.6 Å². The number of carbonyl (C=O) groups excluding carboxylic acids is 1. The van der Waals surface area contributed by atoms with Crippen molar-refractivity contribution in [3.05, 3.63) is 59.7 Å². The molecule has 3 N–H and O–H groups in total. The number of anilines is 1. The third-order valence-corrected chi connectivity index (χ3v) is 5.84. The first-order valence-electron chi connectivity index (χ1n) is 8.50. The fraction of sp³-hybridized carbons (Fsp3) is 0.263. The number of carboxylic acid groups (broad SMARTS) is 1. The lowest BCUT2D eigenvalue weighted by atomic mass is 10.1. The lowest BCUT2D eigenvalue weighted by molar-refractivity contribution is -0.139. The van der Waals surface area contributed by atoms with Crippen LogP contribution in [0.3, 0.4) is 0 Å². The second-order valence-electron chi connectivity index (χ2n) is 6.57. The highest BCUT2D eigenvalue weighted by atomic mass is 32.2. The molecule has 0 spiro atoms. The van der Waals surface area contributed by atoms with E-state index in [2.05, 4.69) is 10.0 Å². The predicted molar refractivity (Wildman–Crippen MR) is 100 cm³/mol. The van der Waals surface area contributed by atoms with E-state index in [-0.39, 0.29) is 16.4 Å². The summed E-state index contributed by atoms with van der Waals surface area (Å²) in [7, 11) is -3.79. The van der Waals surface area contributed by atoms with Crippen LogP contribution in [-0.4, -0.2) is 31.4 Å². The van der Waals surface area contributed by atoms with Gasteiger partial charge in [-0.25, -0.2) is 13.2 Å². The van der Waals surface area contributed by atoms with Crippen LogP contribution in [-0.2, 0) is 14.8 Å². The van der Waals surface area contributed by atoms with Crippen molar-refractivity contribution in [2.45, 2.75) is 30.7 Å². The Labute approximate surface area is 157 Å². The van der Waals surface area contributed by atoms with Crippen molar-refractivity contribution in [3.63, 3.8) is 0 Å². The minimum absolute atomic E-state index is 0.0132. The number of carbonyl (C=O) groups is 2. The van der Waals surface area contributed by atoms with Crippen molar-refractivity contribution in [1.82, 2.24) is 5.32 Å². The van der Waals surface area contributed by atoms with Gasteiger partial charge in [-0.15, -0.1) is 0 Å². The van der Waals surface area contributed by atoms with Crippen molar-refractivity contribution in [2.75, 3.05) is 4.72 Å². The summed E-state index contributed by atoms with van der Waals surface area (Å²) in [6.45, 7) is 1.80. The number of aryl methyl sites for hydroxylation is 1. The number of amides is 1. The third kappa shape index (κ3) is 4.46. The number of sulfonamides is 1. The summed E-state index contributed by atoms with van der Waals surface area (Å²) < 4.78 is 27.5. The van der Waals surface area contributed by atoms with E-state index >= 15 is 0 Å². The smallest absolute Gasteiger partial charge is 0.326 e. The zero-order valence-corrected chi connectivity index (χ0v) is 15.5. The van der Waals surface area contributed by atoms with Crippen LogP contribution in [0, 0.1) is 12.8 Å². The lowest BCUT2D eigenvalue weighted by Crippen LogP contribution is -2.42. The summed E-state index contributed by atoms with van der Waals surface area (Å²) >= 11 is 0. The van der Waals surface area contributed by atoms with Gasteiger partial charge in [0.2, 0.25) is 0 Å². The van der Waals surface area contributed by atoms with Crippen molar-refractivity contribution in [1.29, 1.82) is 0 Å². The standard InChI is InChI=1S/C19H20N2O5S/c1-12-4-2-3-5-16(12)21-27(25,26)15-10-8-14(9-11-15)18(22)20-17(19(23)24)13-6-7-13/h2-5,8-11,13,17,21H,6-7H2,1H3,(H,20,22)(H,23,24). The summed E-state index contributed by atoms with van der Waals surface area (Å²) in [6, 6.07) is 11.5. The maximum atomic E-state index is 12.5. The highest BCUT2D eigenvalue weighted by molar-refractivity contribution is 7.92. The Balaban J connectivity index is 1.73. The molecule has 1 fully saturated rings. The predicted octanol–water partition coefficient (Wildman–Crippen LogP) is 2.39. The average Bonchev–Trinajstić information content (AvgIpc) is 3.46. The number of para-hydroxylation sites is 1. The fourth-order valence-corrected chi connectivity index (χ4v) is 3.84. The molecule has 1 aliphatic carbocycles. The molecule has 1 amide bonds. The first kappa shape index (κ1) is 18.9. The van der Waals surface area contributed by atoms with E-state index in [1.54, 1.807) is 25.1 Å². The summed E-state index contributed by atoms with van der Waals surface area (Å²) in [5.41, 5.74) is 1.47. The van der Waals surface area contributed by atoms with Gasteiger partial charge in [-0.1, -0.05) is 18.2 Å². The molecule has 2 aromatic rings. The average molecular weight is 388 g/mol. The molecule has 3 rings (SSSR count). The van der Waals surface area contributed by atoms with Crippen LogP contribution in [0.25, 0.3) is 0 Å². The maximum Gasteiger partial charge on any atom is 0.326 e. The Morgan fingerprint density at radius 3 is 2.26 bits per heavy atom. The van der Waals surface area contributed by atoms with E-state index in [1.165, 1.54) is 24.3 Å². The number of hydrogen-bond acceptors (Lipinski definition) is 4. The van der Waals surface area contributed by atoms with Gasteiger partial charge in [-0.3, -0.25) is 9.52 Å². The molecule has 0 aliphatic heterocycles. The molecule has 1 saturated carbocycles. The quantitative estimate of drug-likeness (QED) is 0.674. The molecule has 2 aromatic carbocycles. The van der Waals surface area contributed by atoms with Gasteiger partial charge in [-0.2, -0.15) is 0 Å². The highest BCUT2D eigenvalue weighted by Crippen LogP contribution is 2.32. The molecule has 1 unspecified atom stereocenters. The minimum Gasteiger partial charge on any atom is -0.480 e. The van der Waals surface area contributed by atoms with Gasteiger partial charge in [0.1, 0.15) is 6.04 Å². The van der Waals surface area contributed by atoms with Crippen LogP contribution in [0.5, 0.6) is 0 Å². The molecule has 27 heavy (non-hydrogen) atoms. The van der Waals surface area contributed by atoms with Crippen LogP contribution in [0.1, 0.15) is 28.8 Å². The van der Waals surface area contributed by atoms with Gasteiger partial charge < -0.3 is 10.4 Å². The largest absolute Gasteiger partial charge is 0.480 e. The van der Waals surface area contributed by atoms with E-state index in [4.69, 9.17) is 0 Å². The molecule has 0 aromatic heterocycles. The number of hydrogen-bond donors (Lipinski definition) is 3. The molecule has 8 heteroatoms. The highest BCUT2D eigenvalue weighted by Gasteiger charge is 2.37. The SMILES string of the molecule is Cc1ccccc1NS(=O)(=O)c1ccc(C(=O)NC(C(=O)O)C2CC2)cc1. The molecule has 0 bridgehead atoms. The molecular formula is C19H20N2O5S. The van der Waals surface area contributed by atoms with Crippen LogP contribution in [0.4, 0.5) is 5.69 Å². The van der Waals surface area contributed by atoms with Gasteiger partial charge in [0, 0.05) is 5.56 Å². The number of aliphatic carboxylic acids is 1. The Bertz CT molecular complexity index is 966. The van der Waals surface area contributed by atoms with Crippen molar-refractivity contribution in [3.8, 4) is 0 Å². The van der Waals surface area contributed by atoms with Crippen LogP contribution >= 0.6 is 0 Å². The molecule has 7 nitrogen and oxygen atoms in total. The number of nitrogens with one attached hydrogen (secondary N) is 2. The maximum absolute atomic E-state index is 12.5. The fourth-order valence-electron chi connectivity index (χ4n) is 2.71. The van der Waals surface area contributed by atoms with E-state index < -0.39 is 27.9 Å². The van der Waals surface area contributed by atoms with Crippen LogP contribution in [0.2, 0.25) is 0 Å². The van der Waals surface area contributed by atoms with Crippen LogP contribution < -0.4 is 10.0 Å². The first-order valence-corrected chi connectivity index (χ1v) is 9.98. The number of carboxylic acids is 1. The summed E-state index contributed by atoms with van der Waals surface area (Å²) in [5.74, 6) is -1.64. The normalized spacial score (nSPS) is 15.0. The molecule has 1 aliphatic rings. The van der Waals surface area contributed by atoms with Gasteiger partial charge in [0.15, 0.2) is 0 Å². The number of benzene rings is 2. The Morgan fingerprint density at radius 1 is 1.07 bits per heavy atom. The van der Waals surface area contributed by atoms with Crippen molar-refractivity contribution >= 4 is 27.6 Å². The molecule has 0 heterocycles. The van der Waals surface area contributed by atoms with Gasteiger partial charge in [-0.05, 0) is 61.6 Å². The molecular weight excluding hydrogens is 368 g/mol. The van der Waals surface area contributed by atoms with Gasteiger partial charge >= 0.3 is 5.97 Å². The zero-order valence-electron chi connectivity index (χ0n) is 14.7. The Morgan fingerprint density at radius 2 is 1.70 bits per heavy atom. The second-order valence-corrected chi connectivity index (χ2v) is 8.25. The van der Waals surface area contributed by atoms with E-state index in [1.807, 2.05) is 6.07 Å². The van der Waals surface area contributed by atoms with E-state index in [0.29, 0.717) is 5.69 Å². The Kier molecular flexibility index (Phi) is 5.18. The van der Waals surface area contributed by atoms with E-state index in [9.17, 15) is 23.1 Å². The molecule has 0 saturated heterocycles. The lowest BCUT2D eigenvalue weighted by Gasteiger charge is -2.14. The molecule has 1 atom stereocenters. The zero-order chi connectivity index (χ0) is 19.6. The van der Waals surface area contributed by atoms with Crippen LogP contribution in [0.15, 0.2) is 53.4 Å². The molecule has 0 radical (unpaired) electrons. The summed E-state index contributed by atoms with van der Waals surface area (Å²) in [4.78, 5) is 23.5. The van der Waals surface area contributed by atoms with Crippen molar-refractivity contribution in [2.24, 2.45) is 5.92 Å². The van der Waals surface area contributed by atoms with Gasteiger partial charge in [0.25, 0.3) is 15.9 Å². The van der Waals surface area contributed by atoms with Crippen molar-refractivity contribution < 1.29 is 23.1 Å². The summed E-state index contributed by atoms with van der Waals surface area (Å²) in [6.07, 6.45) is 1.55. The second kappa shape index (κ2) is 7.40. The van der Waals surface area contributed by atoms with E-state index in [0.717, 1.165) is 18.4 Å². The number of rotatable bonds is 7. The monoisotopic (exact) mass is 388 g/mol. The topological polar surface area (TPSA) is 113 Å².